The molecule has 0 unspecified atom stereocenters. The number of imidazole rings is 1. The molecule has 168 valence electrons. The molecule has 2 aromatic heterocycles. The molecule has 0 saturated carbocycles. The molecular formula is C22H25N5O5. The van der Waals surface area contributed by atoms with Crippen LogP contribution >= 0.6 is 0 Å². The van der Waals surface area contributed by atoms with Crippen LogP contribution in [0.3, 0.4) is 0 Å². The Morgan fingerprint density at radius 2 is 1.97 bits per heavy atom. The Balaban J connectivity index is 1.65. The van der Waals surface area contributed by atoms with Crippen LogP contribution in [-0.4, -0.2) is 72.4 Å². The molecule has 1 aromatic carbocycles. The van der Waals surface area contributed by atoms with Gasteiger partial charge in [0, 0.05) is 6.04 Å². The Bertz CT molecular complexity index is 1120. The highest BCUT2D eigenvalue weighted by Gasteiger charge is 2.44. The molecule has 3 heterocycles. The van der Waals surface area contributed by atoms with Gasteiger partial charge in [0.25, 0.3) is 0 Å². The summed E-state index contributed by atoms with van der Waals surface area (Å²) in [6.45, 7) is 3.67. The van der Waals surface area contributed by atoms with Gasteiger partial charge in [-0.3, -0.25) is 4.57 Å². The Morgan fingerprint density at radius 1 is 1.19 bits per heavy atom. The summed E-state index contributed by atoms with van der Waals surface area (Å²) in [7, 11) is 0. The summed E-state index contributed by atoms with van der Waals surface area (Å²) in [5, 5.41) is 33.1. The second-order valence-electron chi connectivity index (χ2n) is 7.65. The molecule has 1 saturated heterocycles. The standard InChI is InChI=1S/C22H25N5O5/c1-13(2)24-20-17-21(27(12-23-17)22-19(30)18(29)15(11-28)32-22)26-16(25-20)9-6-10-31-14-7-4-3-5-8-14/h3-5,7-8,12-13,15,18-19,22,28-30H,10-11H2,1-2H3,(H,24,25,26)/t15-,18-,19-,22-/m1/s1. The Morgan fingerprint density at radius 3 is 2.66 bits per heavy atom. The van der Waals surface area contributed by atoms with E-state index in [2.05, 4.69) is 32.1 Å². The number of aliphatic hydroxyl groups excluding tert-OH is 3. The van der Waals surface area contributed by atoms with Crippen molar-refractivity contribution in [2.45, 2.75) is 44.4 Å². The van der Waals surface area contributed by atoms with Gasteiger partial charge in [-0.05, 0) is 31.9 Å². The normalized spacial score (nSPS) is 22.7. The van der Waals surface area contributed by atoms with Gasteiger partial charge >= 0.3 is 0 Å². The number of hydrogen-bond donors (Lipinski definition) is 4. The number of nitrogens with one attached hydrogen (secondary N) is 1. The summed E-state index contributed by atoms with van der Waals surface area (Å²) in [4.78, 5) is 13.3. The van der Waals surface area contributed by atoms with Crippen LogP contribution in [0, 0.1) is 11.8 Å². The minimum absolute atomic E-state index is 0.0781. The molecule has 1 aliphatic rings. The first kappa shape index (κ1) is 22.0. The van der Waals surface area contributed by atoms with Crippen molar-refractivity contribution in [3.05, 3.63) is 42.5 Å². The summed E-state index contributed by atoms with van der Waals surface area (Å²) in [5.74, 6) is 7.24. The van der Waals surface area contributed by atoms with Crippen molar-refractivity contribution in [2.75, 3.05) is 18.5 Å². The quantitative estimate of drug-likeness (QED) is 0.409. The largest absolute Gasteiger partial charge is 0.481 e. The molecule has 0 radical (unpaired) electrons. The molecule has 3 aromatic rings. The fraction of sp³-hybridized carbons (Fsp3) is 0.409. The lowest BCUT2D eigenvalue weighted by Crippen LogP contribution is -2.33. The lowest BCUT2D eigenvalue weighted by Gasteiger charge is -2.17. The maximum atomic E-state index is 10.4. The van der Waals surface area contributed by atoms with Gasteiger partial charge in [0.1, 0.15) is 30.7 Å². The first-order valence-corrected chi connectivity index (χ1v) is 10.3. The third kappa shape index (κ3) is 4.51. The number of hydrogen-bond acceptors (Lipinski definition) is 9. The van der Waals surface area contributed by atoms with Crippen LogP contribution < -0.4 is 10.1 Å². The molecule has 0 amide bonds. The Labute approximate surface area is 184 Å². The molecule has 0 spiro atoms. The highest BCUT2D eigenvalue weighted by molar-refractivity contribution is 5.83. The third-order valence-corrected chi connectivity index (χ3v) is 4.89. The molecule has 1 fully saturated rings. The predicted octanol–water partition coefficient (Wildman–Crippen LogP) is 0.689. The van der Waals surface area contributed by atoms with E-state index in [9.17, 15) is 15.3 Å². The minimum Gasteiger partial charge on any atom is -0.481 e. The molecule has 4 atom stereocenters. The van der Waals surface area contributed by atoms with E-state index in [1.165, 1.54) is 10.9 Å². The van der Waals surface area contributed by atoms with Gasteiger partial charge in [-0.1, -0.05) is 24.1 Å². The SMILES string of the molecule is CC(C)Nc1nc(C#CCOc2ccccc2)nc2c1ncn2[C@@H]1O[C@H](CO)[C@@H](O)[C@H]1O. The van der Waals surface area contributed by atoms with Gasteiger partial charge in [0.05, 0.1) is 12.9 Å². The highest BCUT2D eigenvalue weighted by atomic mass is 16.6. The zero-order valence-corrected chi connectivity index (χ0v) is 17.7. The zero-order chi connectivity index (χ0) is 22.7. The molecule has 0 aliphatic carbocycles. The van der Waals surface area contributed by atoms with Crippen LogP contribution in [0.2, 0.25) is 0 Å². The smallest absolute Gasteiger partial charge is 0.209 e. The molecule has 4 rings (SSSR count). The maximum absolute atomic E-state index is 10.4. The number of benzene rings is 1. The van der Waals surface area contributed by atoms with E-state index >= 15 is 0 Å². The third-order valence-electron chi connectivity index (χ3n) is 4.89. The summed E-state index contributed by atoms with van der Waals surface area (Å²) in [6, 6.07) is 9.42. The first-order valence-electron chi connectivity index (χ1n) is 10.3. The number of para-hydroxylation sites is 1. The van der Waals surface area contributed by atoms with Crippen molar-refractivity contribution in [3.8, 4) is 17.6 Å². The monoisotopic (exact) mass is 439 g/mol. The fourth-order valence-electron chi connectivity index (χ4n) is 3.39. The van der Waals surface area contributed by atoms with E-state index in [-0.39, 0.29) is 18.5 Å². The minimum atomic E-state index is -1.25. The molecule has 4 N–H and O–H groups in total. The van der Waals surface area contributed by atoms with E-state index in [0.29, 0.717) is 22.7 Å². The average molecular weight is 439 g/mol. The summed E-state index contributed by atoms with van der Waals surface area (Å²) < 4.78 is 12.7. The molecule has 0 bridgehead atoms. The van der Waals surface area contributed by atoms with Crippen LogP contribution in [0.1, 0.15) is 25.9 Å². The van der Waals surface area contributed by atoms with Crippen LogP contribution in [0.25, 0.3) is 11.2 Å². The lowest BCUT2D eigenvalue weighted by molar-refractivity contribution is -0.0511. The van der Waals surface area contributed by atoms with Crippen LogP contribution in [-0.2, 0) is 4.74 Å². The average Bonchev–Trinajstić information content (AvgIpc) is 3.33. The van der Waals surface area contributed by atoms with Crippen molar-refractivity contribution < 1.29 is 24.8 Å². The van der Waals surface area contributed by atoms with E-state index in [1.54, 1.807) is 0 Å². The first-order chi connectivity index (χ1) is 15.5. The zero-order valence-electron chi connectivity index (χ0n) is 17.7. The van der Waals surface area contributed by atoms with Crippen molar-refractivity contribution in [2.24, 2.45) is 0 Å². The van der Waals surface area contributed by atoms with Crippen molar-refractivity contribution in [1.82, 2.24) is 19.5 Å². The summed E-state index contributed by atoms with van der Waals surface area (Å²) in [5.41, 5.74) is 0.855. The Hall–Kier alpha value is -3.23. The van der Waals surface area contributed by atoms with Crippen molar-refractivity contribution >= 4 is 17.0 Å². The molecule has 32 heavy (non-hydrogen) atoms. The molecular weight excluding hydrogens is 414 g/mol. The number of nitrogens with zero attached hydrogens (tertiary/aromatic N) is 4. The van der Waals surface area contributed by atoms with Crippen LogP contribution in [0.4, 0.5) is 5.82 Å². The number of aromatic nitrogens is 4. The van der Waals surface area contributed by atoms with Gasteiger partial charge in [0.2, 0.25) is 5.82 Å². The van der Waals surface area contributed by atoms with Crippen molar-refractivity contribution in [1.29, 1.82) is 0 Å². The molecule has 10 heteroatoms. The van der Waals surface area contributed by atoms with E-state index in [1.807, 2.05) is 44.2 Å². The fourth-order valence-corrected chi connectivity index (χ4v) is 3.39. The van der Waals surface area contributed by atoms with Crippen LogP contribution in [0.15, 0.2) is 36.7 Å². The molecule has 10 nitrogen and oxygen atoms in total. The van der Waals surface area contributed by atoms with Gasteiger partial charge in [-0.25, -0.2) is 15.0 Å². The predicted molar refractivity (Wildman–Crippen MR) is 116 cm³/mol. The summed E-state index contributed by atoms with van der Waals surface area (Å²) >= 11 is 0. The van der Waals surface area contributed by atoms with Crippen molar-refractivity contribution in [3.63, 3.8) is 0 Å². The number of ether oxygens (including phenoxy) is 2. The molecule has 1 aliphatic heterocycles. The van der Waals surface area contributed by atoms with Gasteiger partial charge in [-0.15, -0.1) is 0 Å². The second-order valence-corrected chi connectivity index (χ2v) is 7.65. The number of anilines is 1. The van der Waals surface area contributed by atoms with E-state index in [0.717, 1.165) is 0 Å². The van der Waals surface area contributed by atoms with E-state index in [4.69, 9.17) is 9.47 Å². The number of rotatable bonds is 6. The highest BCUT2D eigenvalue weighted by Crippen LogP contribution is 2.32. The maximum Gasteiger partial charge on any atom is 0.209 e. The number of fused-ring (bicyclic) bond motifs is 1. The second kappa shape index (κ2) is 9.50. The van der Waals surface area contributed by atoms with Crippen LogP contribution in [0.5, 0.6) is 5.75 Å². The Kier molecular flexibility index (Phi) is 6.53. The summed E-state index contributed by atoms with van der Waals surface area (Å²) in [6.07, 6.45) is -2.89. The van der Waals surface area contributed by atoms with Gasteiger partial charge < -0.3 is 30.1 Å². The topological polar surface area (TPSA) is 135 Å². The number of aliphatic hydroxyl groups is 3. The van der Waals surface area contributed by atoms with Gasteiger partial charge in [-0.2, -0.15) is 0 Å². The van der Waals surface area contributed by atoms with Gasteiger partial charge in [0.15, 0.2) is 23.2 Å². The van der Waals surface area contributed by atoms with E-state index < -0.39 is 31.1 Å². The lowest BCUT2D eigenvalue weighted by atomic mass is 10.1.